The van der Waals surface area contributed by atoms with E-state index in [0.29, 0.717) is 11.8 Å². The van der Waals surface area contributed by atoms with E-state index in [2.05, 4.69) is 19.9 Å². The number of nitrogens with zero attached hydrogens (tertiary/aromatic N) is 2. The molecule has 0 spiro atoms. The lowest BCUT2D eigenvalue weighted by Gasteiger charge is -2.22. The SMILES string of the molecule is O=c1[nH]c2ccc(N=Cc3ccc(N(CCCl)CCCl)cc3)cc2[nH]1. The van der Waals surface area contributed by atoms with Gasteiger partial charge in [0.15, 0.2) is 0 Å². The molecule has 25 heavy (non-hydrogen) atoms. The number of nitrogens with one attached hydrogen (secondary N) is 2. The summed E-state index contributed by atoms with van der Waals surface area (Å²) in [6.07, 6.45) is 1.79. The van der Waals surface area contributed by atoms with Gasteiger partial charge in [0.05, 0.1) is 16.7 Å². The number of aliphatic imine (C=N–C) groups is 1. The molecule has 5 nitrogen and oxygen atoms in total. The Labute approximate surface area is 155 Å². The Bertz CT molecular complexity index is 909. The Morgan fingerprint density at radius 2 is 1.64 bits per heavy atom. The number of aromatic nitrogens is 2. The molecule has 0 amide bonds. The van der Waals surface area contributed by atoms with E-state index < -0.39 is 0 Å². The molecule has 3 aromatic rings. The summed E-state index contributed by atoms with van der Waals surface area (Å²) in [7, 11) is 0. The zero-order valence-corrected chi connectivity index (χ0v) is 15.0. The lowest BCUT2D eigenvalue weighted by Crippen LogP contribution is -2.27. The number of fused-ring (bicyclic) bond motifs is 1. The van der Waals surface area contributed by atoms with E-state index in [1.165, 1.54) is 0 Å². The first kappa shape index (κ1) is 17.6. The molecule has 0 aliphatic carbocycles. The van der Waals surface area contributed by atoms with Crippen LogP contribution < -0.4 is 10.6 Å². The van der Waals surface area contributed by atoms with Gasteiger partial charge in [0.2, 0.25) is 0 Å². The molecule has 3 rings (SSSR count). The molecule has 2 aromatic carbocycles. The van der Waals surface area contributed by atoms with Gasteiger partial charge in [-0.1, -0.05) is 12.1 Å². The van der Waals surface area contributed by atoms with Gasteiger partial charge >= 0.3 is 5.69 Å². The van der Waals surface area contributed by atoms with E-state index in [4.69, 9.17) is 23.2 Å². The summed E-state index contributed by atoms with van der Waals surface area (Å²) in [5, 5.41) is 0. The van der Waals surface area contributed by atoms with E-state index in [1.807, 2.05) is 42.5 Å². The minimum Gasteiger partial charge on any atom is -0.369 e. The van der Waals surface area contributed by atoms with Crippen LogP contribution in [0.1, 0.15) is 5.56 Å². The number of benzene rings is 2. The molecular weight excluding hydrogens is 359 g/mol. The molecule has 1 heterocycles. The fourth-order valence-corrected chi connectivity index (χ4v) is 3.00. The third-order valence-corrected chi connectivity index (χ3v) is 4.17. The van der Waals surface area contributed by atoms with Crippen molar-refractivity contribution in [1.82, 2.24) is 9.97 Å². The fourth-order valence-electron chi connectivity index (χ4n) is 2.60. The minimum absolute atomic E-state index is 0.217. The summed E-state index contributed by atoms with van der Waals surface area (Å²) in [5.74, 6) is 1.12. The van der Waals surface area contributed by atoms with Crippen molar-refractivity contribution in [2.45, 2.75) is 0 Å². The van der Waals surface area contributed by atoms with Crippen molar-refractivity contribution in [2.24, 2.45) is 4.99 Å². The number of aromatic amines is 2. The third kappa shape index (κ3) is 4.44. The van der Waals surface area contributed by atoms with Gasteiger partial charge in [0, 0.05) is 36.8 Å². The van der Waals surface area contributed by atoms with Crippen LogP contribution in [0.2, 0.25) is 0 Å². The highest BCUT2D eigenvalue weighted by molar-refractivity contribution is 6.18. The number of alkyl halides is 2. The molecule has 0 atom stereocenters. The van der Waals surface area contributed by atoms with Crippen LogP contribution in [0.25, 0.3) is 11.0 Å². The molecule has 0 saturated carbocycles. The first-order valence-electron chi connectivity index (χ1n) is 7.92. The average Bonchev–Trinajstić information content (AvgIpc) is 2.99. The largest absolute Gasteiger partial charge is 0.369 e. The molecule has 0 radical (unpaired) electrons. The smallest absolute Gasteiger partial charge is 0.323 e. The van der Waals surface area contributed by atoms with Gasteiger partial charge in [-0.2, -0.15) is 0 Å². The zero-order valence-electron chi connectivity index (χ0n) is 13.5. The Morgan fingerprint density at radius 1 is 0.960 bits per heavy atom. The first-order valence-corrected chi connectivity index (χ1v) is 8.99. The summed E-state index contributed by atoms with van der Waals surface area (Å²) >= 11 is 11.7. The molecule has 0 unspecified atom stereocenters. The topological polar surface area (TPSA) is 64.2 Å². The maximum absolute atomic E-state index is 11.3. The second-order valence-electron chi connectivity index (χ2n) is 5.52. The van der Waals surface area contributed by atoms with Crippen LogP contribution in [0.4, 0.5) is 11.4 Å². The van der Waals surface area contributed by atoms with Gasteiger partial charge in [-0.05, 0) is 35.9 Å². The summed E-state index contributed by atoms with van der Waals surface area (Å²) in [6.45, 7) is 1.52. The highest BCUT2D eigenvalue weighted by Gasteiger charge is 2.04. The van der Waals surface area contributed by atoms with Crippen molar-refractivity contribution in [1.29, 1.82) is 0 Å². The second kappa shape index (κ2) is 8.23. The highest BCUT2D eigenvalue weighted by atomic mass is 35.5. The third-order valence-electron chi connectivity index (χ3n) is 3.83. The lowest BCUT2D eigenvalue weighted by atomic mass is 10.2. The van der Waals surface area contributed by atoms with Crippen molar-refractivity contribution < 1.29 is 0 Å². The van der Waals surface area contributed by atoms with Gasteiger partial charge < -0.3 is 14.9 Å². The van der Waals surface area contributed by atoms with Crippen LogP contribution in [0, 0.1) is 0 Å². The summed E-state index contributed by atoms with van der Waals surface area (Å²) in [4.78, 5) is 23.3. The lowest BCUT2D eigenvalue weighted by molar-refractivity contribution is 0.874. The van der Waals surface area contributed by atoms with Gasteiger partial charge in [-0.15, -0.1) is 23.2 Å². The van der Waals surface area contributed by atoms with Crippen LogP contribution in [0.3, 0.4) is 0 Å². The number of hydrogen-bond acceptors (Lipinski definition) is 3. The molecular formula is C18H18Cl2N4O. The van der Waals surface area contributed by atoms with Crippen molar-refractivity contribution in [2.75, 3.05) is 29.7 Å². The zero-order chi connectivity index (χ0) is 17.6. The van der Waals surface area contributed by atoms with Gasteiger partial charge in [0.25, 0.3) is 0 Å². The Morgan fingerprint density at radius 3 is 2.32 bits per heavy atom. The molecule has 130 valence electrons. The molecule has 0 aliphatic heterocycles. The number of imidazole rings is 1. The maximum atomic E-state index is 11.3. The van der Waals surface area contributed by atoms with Crippen molar-refractivity contribution >= 4 is 51.8 Å². The van der Waals surface area contributed by atoms with Gasteiger partial charge in [-0.3, -0.25) is 4.99 Å². The predicted octanol–water partition coefficient (Wildman–Crippen LogP) is 3.89. The van der Waals surface area contributed by atoms with E-state index >= 15 is 0 Å². The molecule has 0 aliphatic rings. The molecule has 0 saturated heterocycles. The Hall–Kier alpha value is -2.24. The number of H-pyrrole nitrogens is 2. The van der Waals surface area contributed by atoms with Gasteiger partial charge in [0.1, 0.15) is 0 Å². The van der Waals surface area contributed by atoms with Crippen LogP contribution >= 0.6 is 23.2 Å². The summed E-state index contributed by atoms with van der Waals surface area (Å²) in [6, 6.07) is 13.6. The highest BCUT2D eigenvalue weighted by Crippen LogP contribution is 2.18. The second-order valence-corrected chi connectivity index (χ2v) is 6.28. The van der Waals surface area contributed by atoms with Crippen molar-refractivity contribution in [3.8, 4) is 0 Å². The molecule has 0 bridgehead atoms. The average molecular weight is 377 g/mol. The molecule has 7 heteroatoms. The van der Waals surface area contributed by atoms with E-state index in [1.54, 1.807) is 6.21 Å². The quantitative estimate of drug-likeness (QED) is 0.485. The molecule has 2 N–H and O–H groups in total. The van der Waals surface area contributed by atoms with E-state index in [0.717, 1.165) is 41.1 Å². The van der Waals surface area contributed by atoms with Crippen LogP contribution in [-0.2, 0) is 0 Å². The monoisotopic (exact) mass is 376 g/mol. The number of hydrogen-bond donors (Lipinski definition) is 2. The van der Waals surface area contributed by atoms with Crippen molar-refractivity contribution in [3.63, 3.8) is 0 Å². The van der Waals surface area contributed by atoms with Crippen LogP contribution in [0.5, 0.6) is 0 Å². The maximum Gasteiger partial charge on any atom is 0.323 e. The van der Waals surface area contributed by atoms with Crippen LogP contribution in [-0.4, -0.2) is 41.0 Å². The number of halogens is 2. The standard InChI is InChI=1S/C18H18Cl2N4O/c19-7-9-24(10-8-20)15-4-1-13(2-5-15)12-21-14-3-6-16-17(11-14)23-18(25)22-16/h1-6,11-12H,7-10H2,(H2,22,23,25). The normalized spacial score (nSPS) is 11.4. The number of anilines is 1. The Balaban J connectivity index is 1.75. The van der Waals surface area contributed by atoms with E-state index in [9.17, 15) is 4.79 Å². The van der Waals surface area contributed by atoms with E-state index in [-0.39, 0.29) is 5.69 Å². The van der Waals surface area contributed by atoms with Crippen LogP contribution in [0.15, 0.2) is 52.3 Å². The summed E-state index contributed by atoms with van der Waals surface area (Å²) < 4.78 is 0. The predicted molar refractivity (Wildman–Crippen MR) is 106 cm³/mol. The van der Waals surface area contributed by atoms with Crippen molar-refractivity contribution in [3.05, 3.63) is 58.5 Å². The van der Waals surface area contributed by atoms with Gasteiger partial charge in [-0.25, -0.2) is 4.79 Å². The number of rotatable bonds is 7. The molecule has 1 aromatic heterocycles. The molecule has 0 fully saturated rings. The first-order chi connectivity index (χ1) is 12.2. The Kier molecular flexibility index (Phi) is 5.79. The summed E-state index contributed by atoms with van der Waals surface area (Å²) in [5.41, 5.74) is 4.15. The minimum atomic E-state index is -0.217. The fraction of sp³-hybridized carbons (Fsp3) is 0.222.